The van der Waals surface area contributed by atoms with Gasteiger partial charge in [-0.05, 0) is 18.8 Å². The predicted octanol–water partition coefficient (Wildman–Crippen LogP) is 1.74. The van der Waals surface area contributed by atoms with Crippen molar-refractivity contribution in [3.8, 4) is 0 Å². The molecule has 3 unspecified atom stereocenters. The number of alkyl halides is 3. The molecule has 0 radical (unpaired) electrons. The van der Waals surface area contributed by atoms with Crippen molar-refractivity contribution in [1.29, 1.82) is 0 Å². The molecule has 21 heavy (non-hydrogen) atoms. The van der Waals surface area contributed by atoms with Gasteiger partial charge in [0.05, 0.1) is 6.10 Å². The first-order valence-corrected chi connectivity index (χ1v) is 6.95. The maximum absolute atomic E-state index is 12.9. The number of aliphatic hydroxyl groups is 1. The summed E-state index contributed by atoms with van der Waals surface area (Å²) in [5.41, 5.74) is -0.950. The van der Waals surface area contributed by atoms with Crippen molar-refractivity contribution >= 4 is 11.8 Å². The Hall–Kier alpha value is -1.57. The molecule has 1 aromatic heterocycles. The number of aliphatic hydroxyl groups excluding tert-OH is 1. The topological polar surface area (TPSA) is 61.3 Å². The van der Waals surface area contributed by atoms with Gasteiger partial charge >= 0.3 is 6.18 Å². The fourth-order valence-electron chi connectivity index (χ4n) is 3.28. The van der Waals surface area contributed by atoms with E-state index in [0.29, 0.717) is 19.0 Å². The van der Waals surface area contributed by atoms with Crippen LogP contribution in [0.25, 0.3) is 0 Å². The summed E-state index contributed by atoms with van der Waals surface area (Å²) >= 11 is 0. The lowest BCUT2D eigenvalue weighted by atomic mass is 10.00. The van der Waals surface area contributed by atoms with Crippen LogP contribution >= 0.6 is 0 Å². The molecular formula is C13H17F3N4O. The number of hydrogen-bond donors (Lipinski definition) is 2. The van der Waals surface area contributed by atoms with E-state index in [9.17, 15) is 18.3 Å². The third-order valence-electron chi connectivity index (χ3n) is 4.37. The maximum atomic E-state index is 12.9. The summed E-state index contributed by atoms with van der Waals surface area (Å²) in [5, 5.41) is 12.5. The van der Waals surface area contributed by atoms with Crippen molar-refractivity contribution in [2.24, 2.45) is 11.8 Å². The molecule has 8 heteroatoms. The van der Waals surface area contributed by atoms with Crippen LogP contribution < -0.4 is 10.2 Å². The number of fused-ring (bicyclic) bond motifs is 1. The van der Waals surface area contributed by atoms with E-state index in [4.69, 9.17) is 0 Å². The molecule has 3 atom stereocenters. The van der Waals surface area contributed by atoms with Gasteiger partial charge in [0.25, 0.3) is 0 Å². The molecule has 2 N–H and O–H groups in total. The summed E-state index contributed by atoms with van der Waals surface area (Å²) < 4.78 is 38.7. The van der Waals surface area contributed by atoms with Crippen molar-refractivity contribution in [2.75, 3.05) is 30.4 Å². The van der Waals surface area contributed by atoms with Crippen LogP contribution in [-0.2, 0) is 6.18 Å². The third-order valence-corrected chi connectivity index (χ3v) is 4.37. The Bertz CT molecular complexity index is 537. The maximum Gasteiger partial charge on any atom is 0.433 e. The van der Waals surface area contributed by atoms with Gasteiger partial charge in [0, 0.05) is 32.1 Å². The Morgan fingerprint density at radius 2 is 2.05 bits per heavy atom. The Kier molecular flexibility index (Phi) is 3.43. The van der Waals surface area contributed by atoms with Gasteiger partial charge in [-0.25, -0.2) is 4.98 Å². The second-order valence-corrected chi connectivity index (χ2v) is 5.66. The van der Waals surface area contributed by atoms with E-state index < -0.39 is 11.9 Å². The number of halogens is 3. The molecule has 3 rings (SSSR count). The fourth-order valence-corrected chi connectivity index (χ4v) is 3.28. The largest absolute Gasteiger partial charge is 0.433 e. The van der Waals surface area contributed by atoms with Crippen LogP contribution in [0.2, 0.25) is 0 Å². The lowest BCUT2D eigenvalue weighted by Crippen LogP contribution is -2.26. The van der Waals surface area contributed by atoms with Crippen molar-refractivity contribution in [1.82, 2.24) is 9.97 Å². The monoisotopic (exact) mass is 302 g/mol. The highest BCUT2D eigenvalue weighted by molar-refractivity contribution is 5.46. The zero-order valence-corrected chi connectivity index (χ0v) is 11.6. The van der Waals surface area contributed by atoms with Crippen molar-refractivity contribution in [3.05, 3.63) is 11.8 Å². The SMILES string of the molecule is CNc1nc(N2CC3CCC(O)C3C2)cc(C(F)(F)F)n1. The number of nitrogens with one attached hydrogen (secondary N) is 1. The van der Waals surface area contributed by atoms with Crippen molar-refractivity contribution < 1.29 is 18.3 Å². The van der Waals surface area contributed by atoms with E-state index in [1.165, 1.54) is 7.05 Å². The minimum Gasteiger partial charge on any atom is -0.393 e. The van der Waals surface area contributed by atoms with Crippen LogP contribution in [0.4, 0.5) is 24.9 Å². The molecule has 0 spiro atoms. The van der Waals surface area contributed by atoms with Crippen molar-refractivity contribution in [3.63, 3.8) is 0 Å². The molecule has 5 nitrogen and oxygen atoms in total. The lowest BCUT2D eigenvalue weighted by molar-refractivity contribution is -0.141. The Balaban J connectivity index is 1.89. The highest BCUT2D eigenvalue weighted by Crippen LogP contribution is 2.40. The van der Waals surface area contributed by atoms with Gasteiger partial charge in [-0.3, -0.25) is 0 Å². The standard InChI is InChI=1S/C13H17F3N4O/c1-17-12-18-10(13(14,15)16)4-11(19-12)20-5-7-2-3-9(21)8(7)6-20/h4,7-9,21H,2-3,5-6H2,1H3,(H,17,18,19). The molecule has 0 aromatic carbocycles. The summed E-state index contributed by atoms with van der Waals surface area (Å²) in [6.07, 6.45) is -3.16. The van der Waals surface area contributed by atoms with Crippen LogP contribution in [0.15, 0.2) is 6.07 Å². The molecule has 1 aliphatic carbocycles. The zero-order chi connectivity index (χ0) is 15.2. The summed E-state index contributed by atoms with van der Waals surface area (Å²) in [6.45, 7) is 1.18. The first kappa shape index (κ1) is 14.4. The Labute approximate surface area is 120 Å². The molecule has 1 aromatic rings. The molecule has 0 amide bonds. The molecule has 116 valence electrons. The molecular weight excluding hydrogens is 285 g/mol. The summed E-state index contributed by atoms with van der Waals surface area (Å²) in [6, 6.07) is 0.980. The summed E-state index contributed by atoms with van der Waals surface area (Å²) in [4.78, 5) is 9.40. The highest BCUT2D eigenvalue weighted by Gasteiger charge is 2.43. The second-order valence-electron chi connectivity index (χ2n) is 5.66. The van der Waals surface area contributed by atoms with Crippen LogP contribution in [0.3, 0.4) is 0 Å². The van der Waals surface area contributed by atoms with Crippen molar-refractivity contribution in [2.45, 2.75) is 25.1 Å². The average molecular weight is 302 g/mol. The number of rotatable bonds is 2. The second kappa shape index (κ2) is 5.01. The Morgan fingerprint density at radius 3 is 2.67 bits per heavy atom. The number of nitrogens with zero attached hydrogens (tertiary/aromatic N) is 3. The number of hydrogen-bond acceptors (Lipinski definition) is 5. The average Bonchev–Trinajstić information content (AvgIpc) is 3.00. The van der Waals surface area contributed by atoms with Crippen LogP contribution in [0.1, 0.15) is 18.5 Å². The van der Waals surface area contributed by atoms with Gasteiger partial charge in [0.15, 0.2) is 5.69 Å². The summed E-state index contributed by atoms with van der Waals surface area (Å²) in [7, 11) is 1.49. The first-order chi connectivity index (χ1) is 9.88. The van der Waals surface area contributed by atoms with Gasteiger partial charge in [-0.15, -0.1) is 0 Å². The van der Waals surface area contributed by atoms with E-state index in [1.807, 2.05) is 4.90 Å². The van der Waals surface area contributed by atoms with Gasteiger partial charge in [0.2, 0.25) is 5.95 Å². The number of anilines is 2. The number of aromatic nitrogens is 2. The van der Waals surface area contributed by atoms with Crippen LogP contribution in [-0.4, -0.2) is 41.3 Å². The van der Waals surface area contributed by atoms with Crippen LogP contribution in [0.5, 0.6) is 0 Å². The van der Waals surface area contributed by atoms with E-state index >= 15 is 0 Å². The Morgan fingerprint density at radius 1 is 1.29 bits per heavy atom. The van der Waals surface area contributed by atoms with E-state index in [0.717, 1.165) is 18.9 Å². The van der Waals surface area contributed by atoms with E-state index in [2.05, 4.69) is 15.3 Å². The lowest BCUT2D eigenvalue weighted by Gasteiger charge is -2.21. The molecule has 0 bridgehead atoms. The predicted molar refractivity (Wildman–Crippen MR) is 71.0 cm³/mol. The minimum atomic E-state index is -4.50. The normalized spacial score (nSPS) is 28.8. The first-order valence-electron chi connectivity index (χ1n) is 6.95. The highest BCUT2D eigenvalue weighted by atomic mass is 19.4. The zero-order valence-electron chi connectivity index (χ0n) is 11.6. The van der Waals surface area contributed by atoms with E-state index in [-0.39, 0.29) is 23.8 Å². The van der Waals surface area contributed by atoms with Crippen LogP contribution in [0, 0.1) is 11.8 Å². The molecule has 2 heterocycles. The molecule has 2 fully saturated rings. The van der Waals surface area contributed by atoms with Gasteiger partial charge in [0.1, 0.15) is 5.82 Å². The molecule has 1 saturated heterocycles. The summed E-state index contributed by atoms with van der Waals surface area (Å²) in [5.74, 6) is 0.690. The smallest absolute Gasteiger partial charge is 0.393 e. The molecule has 2 aliphatic rings. The molecule has 1 aliphatic heterocycles. The van der Waals surface area contributed by atoms with Gasteiger partial charge in [-0.2, -0.15) is 18.2 Å². The molecule has 1 saturated carbocycles. The fraction of sp³-hybridized carbons (Fsp3) is 0.692. The van der Waals surface area contributed by atoms with E-state index in [1.54, 1.807) is 0 Å². The quantitative estimate of drug-likeness (QED) is 0.871. The van der Waals surface area contributed by atoms with Gasteiger partial charge in [-0.1, -0.05) is 0 Å². The minimum absolute atomic E-state index is 0.0440. The van der Waals surface area contributed by atoms with Gasteiger partial charge < -0.3 is 15.3 Å². The third kappa shape index (κ3) is 2.64.